The Hall–Kier alpha value is -3.55. The fourth-order valence-corrected chi connectivity index (χ4v) is 3.79. The van der Waals surface area contributed by atoms with Gasteiger partial charge in [0.1, 0.15) is 6.10 Å². The molecule has 0 aliphatic carbocycles. The fourth-order valence-electron chi connectivity index (χ4n) is 3.79. The van der Waals surface area contributed by atoms with Gasteiger partial charge < -0.3 is 24.3 Å². The first-order valence-electron chi connectivity index (χ1n) is 9.79. The molecule has 1 aromatic carbocycles. The maximum atomic E-state index is 11.6. The van der Waals surface area contributed by atoms with Crippen LogP contribution in [0.4, 0.5) is 0 Å². The summed E-state index contributed by atoms with van der Waals surface area (Å²) in [5.41, 5.74) is 2.25. The quantitative estimate of drug-likeness (QED) is 0.695. The molecule has 8 heteroatoms. The molecule has 5 rings (SSSR count). The molecule has 1 fully saturated rings. The average molecular weight is 407 g/mol. The number of nitrogens with zero attached hydrogens (tertiary/aromatic N) is 2. The van der Waals surface area contributed by atoms with Crippen LogP contribution in [0.1, 0.15) is 13.3 Å². The van der Waals surface area contributed by atoms with Crippen molar-refractivity contribution < 1.29 is 23.7 Å². The number of carbonyl (C=O) groups is 1. The number of ether oxygens (including phenoxy) is 4. The largest absolute Gasteiger partial charge is 0.493 e. The summed E-state index contributed by atoms with van der Waals surface area (Å²) in [6.45, 7) is 2.72. The molecule has 1 amide bonds. The number of carbonyl (C=O) groups excluding carboxylic acids is 1. The molecule has 2 atom stereocenters. The summed E-state index contributed by atoms with van der Waals surface area (Å²) in [4.78, 5) is 20.9. The molecule has 154 valence electrons. The highest BCUT2D eigenvalue weighted by molar-refractivity contribution is 5.87. The molecule has 2 aromatic heterocycles. The lowest BCUT2D eigenvalue weighted by Crippen LogP contribution is -2.26. The highest BCUT2D eigenvalue weighted by Gasteiger charge is 2.29. The molecular weight excluding hydrogens is 386 g/mol. The Morgan fingerprint density at radius 2 is 2.17 bits per heavy atom. The minimum Gasteiger partial charge on any atom is -0.493 e. The van der Waals surface area contributed by atoms with E-state index in [1.165, 1.54) is 0 Å². The van der Waals surface area contributed by atoms with Crippen molar-refractivity contribution >= 4 is 16.8 Å². The Labute approximate surface area is 173 Å². The number of hydrogen-bond acceptors (Lipinski definition) is 7. The SMILES string of the molecule is COc1cc(-c2cc3ncccc3c(O[C@H](C)[C@H]3CNC(=O)C3)n2)cc2c1OCO2. The lowest BCUT2D eigenvalue weighted by molar-refractivity contribution is -0.119. The van der Waals surface area contributed by atoms with Crippen molar-refractivity contribution in [3.8, 4) is 34.4 Å². The van der Waals surface area contributed by atoms with Gasteiger partial charge in [-0.15, -0.1) is 0 Å². The van der Waals surface area contributed by atoms with Crippen molar-refractivity contribution in [2.75, 3.05) is 20.4 Å². The van der Waals surface area contributed by atoms with Gasteiger partial charge in [-0.2, -0.15) is 0 Å². The molecular formula is C22H21N3O5. The Morgan fingerprint density at radius 1 is 1.27 bits per heavy atom. The molecule has 0 bridgehead atoms. The molecule has 30 heavy (non-hydrogen) atoms. The maximum absolute atomic E-state index is 11.6. The summed E-state index contributed by atoms with van der Waals surface area (Å²) in [5, 5.41) is 3.67. The normalized spacial score (nSPS) is 18.3. The van der Waals surface area contributed by atoms with E-state index < -0.39 is 0 Å². The van der Waals surface area contributed by atoms with Gasteiger partial charge >= 0.3 is 0 Å². The van der Waals surface area contributed by atoms with Crippen LogP contribution >= 0.6 is 0 Å². The molecule has 0 unspecified atom stereocenters. The number of fused-ring (bicyclic) bond motifs is 2. The van der Waals surface area contributed by atoms with Crippen LogP contribution in [0.25, 0.3) is 22.2 Å². The number of amides is 1. The van der Waals surface area contributed by atoms with E-state index in [0.717, 1.165) is 16.5 Å². The second-order valence-corrected chi connectivity index (χ2v) is 7.39. The minimum atomic E-state index is -0.179. The van der Waals surface area contributed by atoms with E-state index in [1.54, 1.807) is 13.3 Å². The van der Waals surface area contributed by atoms with Gasteiger partial charge in [0.2, 0.25) is 24.3 Å². The zero-order valence-corrected chi connectivity index (χ0v) is 16.7. The number of aromatic nitrogens is 2. The van der Waals surface area contributed by atoms with E-state index in [9.17, 15) is 4.79 Å². The van der Waals surface area contributed by atoms with Crippen LogP contribution in [0.2, 0.25) is 0 Å². The van der Waals surface area contributed by atoms with Crippen LogP contribution in [0.5, 0.6) is 23.1 Å². The topological polar surface area (TPSA) is 91.8 Å². The standard InChI is InChI=1S/C22H21N3O5/c1-12(14-8-20(26)24-10-14)30-22-15-4-3-5-23-17(15)9-16(25-22)13-6-18(27-2)21-19(7-13)28-11-29-21/h3-7,9,12,14H,8,10-11H2,1-2H3,(H,24,26)/t12-,14-/m1/s1. The van der Waals surface area contributed by atoms with E-state index in [0.29, 0.717) is 41.8 Å². The predicted octanol–water partition coefficient (Wildman–Crippen LogP) is 2.94. The van der Waals surface area contributed by atoms with Crippen LogP contribution in [0.3, 0.4) is 0 Å². The van der Waals surface area contributed by atoms with Crippen molar-refractivity contribution in [3.63, 3.8) is 0 Å². The summed E-state index contributed by atoms with van der Waals surface area (Å²) < 4.78 is 22.7. The smallest absolute Gasteiger partial charge is 0.231 e. The molecule has 3 aromatic rings. The second kappa shape index (κ2) is 7.37. The summed E-state index contributed by atoms with van der Waals surface area (Å²) in [6.07, 6.45) is 2.01. The van der Waals surface area contributed by atoms with Gasteiger partial charge in [0.05, 0.1) is 23.7 Å². The molecule has 0 spiro atoms. The lowest BCUT2D eigenvalue weighted by Gasteiger charge is -2.20. The van der Waals surface area contributed by atoms with E-state index in [-0.39, 0.29) is 24.7 Å². The average Bonchev–Trinajstić information content (AvgIpc) is 3.41. The van der Waals surface area contributed by atoms with Gasteiger partial charge in [0.25, 0.3) is 0 Å². The third-order valence-corrected chi connectivity index (χ3v) is 5.49. The first kappa shape index (κ1) is 18.5. The van der Waals surface area contributed by atoms with E-state index in [4.69, 9.17) is 23.9 Å². The number of methoxy groups -OCH3 is 1. The molecule has 0 radical (unpaired) electrons. The Kier molecular flexibility index (Phi) is 4.54. The summed E-state index contributed by atoms with van der Waals surface area (Å²) >= 11 is 0. The molecule has 2 aliphatic rings. The lowest BCUT2D eigenvalue weighted by atomic mass is 10.0. The summed E-state index contributed by atoms with van der Waals surface area (Å²) in [6, 6.07) is 9.42. The minimum absolute atomic E-state index is 0.0520. The van der Waals surface area contributed by atoms with Crippen molar-refractivity contribution in [2.45, 2.75) is 19.4 Å². The van der Waals surface area contributed by atoms with E-state index >= 15 is 0 Å². The monoisotopic (exact) mass is 407 g/mol. The Morgan fingerprint density at radius 3 is 2.97 bits per heavy atom. The number of benzene rings is 1. The van der Waals surface area contributed by atoms with Gasteiger partial charge in [0, 0.05) is 30.6 Å². The Bertz CT molecular complexity index is 1130. The van der Waals surface area contributed by atoms with Crippen molar-refractivity contribution in [1.82, 2.24) is 15.3 Å². The zero-order chi connectivity index (χ0) is 20.7. The Balaban J connectivity index is 1.56. The van der Waals surface area contributed by atoms with E-state index in [1.807, 2.05) is 37.3 Å². The molecule has 2 aliphatic heterocycles. The molecule has 8 nitrogen and oxygen atoms in total. The van der Waals surface area contributed by atoms with Gasteiger partial charge in [-0.05, 0) is 37.3 Å². The molecule has 1 N–H and O–H groups in total. The van der Waals surface area contributed by atoms with Crippen LogP contribution in [0, 0.1) is 5.92 Å². The summed E-state index contributed by atoms with van der Waals surface area (Å²) in [7, 11) is 1.59. The van der Waals surface area contributed by atoms with Crippen LogP contribution in [-0.2, 0) is 4.79 Å². The van der Waals surface area contributed by atoms with Crippen molar-refractivity contribution in [1.29, 1.82) is 0 Å². The van der Waals surface area contributed by atoms with Crippen molar-refractivity contribution in [2.24, 2.45) is 5.92 Å². The zero-order valence-electron chi connectivity index (χ0n) is 16.7. The summed E-state index contributed by atoms with van der Waals surface area (Å²) in [5.74, 6) is 2.41. The van der Waals surface area contributed by atoms with Gasteiger partial charge in [-0.1, -0.05) is 0 Å². The fraction of sp³-hybridized carbons (Fsp3) is 0.318. The number of rotatable bonds is 5. The van der Waals surface area contributed by atoms with E-state index in [2.05, 4.69) is 10.3 Å². The maximum Gasteiger partial charge on any atom is 0.231 e. The van der Waals surface area contributed by atoms with Gasteiger partial charge in [-0.25, -0.2) is 4.98 Å². The molecule has 1 saturated heterocycles. The number of nitrogens with one attached hydrogen (secondary N) is 1. The van der Waals surface area contributed by atoms with Crippen LogP contribution < -0.4 is 24.3 Å². The third-order valence-electron chi connectivity index (χ3n) is 5.49. The van der Waals surface area contributed by atoms with Gasteiger partial charge in [-0.3, -0.25) is 9.78 Å². The number of hydrogen-bond donors (Lipinski definition) is 1. The first-order chi connectivity index (χ1) is 14.6. The first-order valence-corrected chi connectivity index (χ1v) is 9.79. The highest BCUT2D eigenvalue weighted by atomic mass is 16.7. The van der Waals surface area contributed by atoms with Crippen LogP contribution in [0.15, 0.2) is 36.5 Å². The predicted molar refractivity (Wildman–Crippen MR) is 109 cm³/mol. The van der Waals surface area contributed by atoms with Crippen LogP contribution in [-0.4, -0.2) is 42.4 Å². The van der Waals surface area contributed by atoms with Crippen molar-refractivity contribution in [3.05, 3.63) is 36.5 Å². The molecule has 4 heterocycles. The second-order valence-electron chi connectivity index (χ2n) is 7.39. The van der Waals surface area contributed by atoms with Gasteiger partial charge in [0.15, 0.2) is 11.5 Å². The third kappa shape index (κ3) is 3.24. The number of pyridine rings is 2. The molecule has 0 saturated carbocycles. The highest BCUT2D eigenvalue weighted by Crippen LogP contribution is 2.44.